The SMILES string of the molecule is CC(C)(C(=O)O)c1nc(C2CC2)ncc1Br. The summed E-state index contributed by atoms with van der Waals surface area (Å²) in [6.45, 7) is 3.30. The summed E-state index contributed by atoms with van der Waals surface area (Å²) in [5, 5.41) is 9.18. The molecule has 0 amide bonds. The fourth-order valence-corrected chi connectivity index (χ4v) is 2.15. The van der Waals surface area contributed by atoms with Gasteiger partial charge in [-0.3, -0.25) is 4.79 Å². The van der Waals surface area contributed by atoms with Crippen molar-refractivity contribution in [2.24, 2.45) is 0 Å². The summed E-state index contributed by atoms with van der Waals surface area (Å²) in [7, 11) is 0. The van der Waals surface area contributed by atoms with Gasteiger partial charge in [0.2, 0.25) is 0 Å². The topological polar surface area (TPSA) is 63.1 Å². The summed E-state index contributed by atoms with van der Waals surface area (Å²) < 4.78 is 0.657. The fraction of sp³-hybridized carbons (Fsp3) is 0.545. The van der Waals surface area contributed by atoms with Gasteiger partial charge < -0.3 is 5.11 Å². The van der Waals surface area contributed by atoms with Gasteiger partial charge in [-0.25, -0.2) is 9.97 Å². The van der Waals surface area contributed by atoms with Crippen LogP contribution in [0.25, 0.3) is 0 Å². The molecular weight excluding hydrogens is 272 g/mol. The summed E-state index contributed by atoms with van der Waals surface area (Å²) in [6.07, 6.45) is 3.86. The minimum absolute atomic E-state index is 0.427. The molecule has 1 heterocycles. The highest BCUT2D eigenvalue weighted by atomic mass is 79.9. The number of hydrogen-bond donors (Lipinski definition) is 1. The van der Waals surface area contributed by atoms with E-state index in [1.807, 2.05) is 0 Å². The van der Waals surface area contributed by atoms with Crippen LogP contribution in [-0.4, -0.2) is 21.0 Å². The van der Waals surface area contributed by atoms with Gasteiger partial charge in [0, 0.05) is 12.1 Å². The lowest BCUT2D eigenvalue weighted by Crippen LogP contribution is -2.30. The average molecular weight is 285 g/mol. The van der Waals surface area contributed by atoms with Crippen LogP contribution in [0.4, 0.5) is 0 Å². The fourth-order valence-electron chi connectivity index (χ4n) is 1.46. The Hall–Kier alpha value is -0.970. The number of aliphatic carboxylic acids is 1. The number of nitrogens with zero attached hydrogens (tertiary/aromatic N) is 2. The molecule has 5 heteroatoms. The zero-order chi connectivity index (χ0) is 11.9. The van der Waals surface area contributed by atoms with Crippen LogP contribution in [-0.2, 0) is 10.2 Å². The van der Waals surface area contributed by atoms with E-state index >= 15 is 0 Å². The Morgan fingerprint density at radius 3 is 2.69 bits per heavy atom. The van der Waals surface area contributed by atoms with Crippen molar-refractivity contribution in [3.63, 3.8) is 0 Å². The van der Waals surface area contributed by atoms with Crippen LogP contribution >= 0.6 is 15.9 Å². The normalized spacial score (nSPS) is 16.2. The predicted molar refractivity (Wildman–Crippen MR) is 62.4 cm³/mol. The number of carbonyl (C=O) groups is 1. The van der Waals surface area contributed by atoms with E-state index in [1.165, 1.54) is 0 Å². The second-order valence-electron chi connectivity index (χ2n) is 4.63. The number of carboxylic acid groups (broad SMARTS) is 1. The van der Waals surface area contributed by atoms with Crippen molar-refractivity contribution in [1.82, 2.24) is 9.97 Å². The van der Waals surface area contributed by atoms with E-state index in [1.54, 1.807) is 20.0 Å². The van der Waals surface area contributed by atoms with Crippen LogP contribution in [0.5, 0.6) is 0 Å². The van der Waals surface area contributed by atoms with Crippen LogP contribution in [0.3, 0.4) is 0 Å². The highest BCUT2D eigenvalue weighted by Gasteiger charge is 2.35. The Kier molecular flexibility index (Phi) is 2.74. The maximum Gasteiger partial charge on any atom is 0.315 e. The largest absolute Gasteiger partial charge is 0.481 e. The number of halogens is 1. The van der Waals surface area contributed by atoms with E-state index in [0.29, 0.717) is 16.1 Å². The third-order valence-corrected chi connectivity index (χ3v) is 3.41. The van der Waals surface area contributed by atoms with Crippen molar-refractivity contribution >= 4 is 21.9 Å². The zero-order valence-electron chi connectivity index (χ0n) is 9.20. The number of hydrogen-bond acceptors (Lipinski definition) is 3. The molecule has 1 aliphatic carbocycles. The second kappa shape index (κ2) is 3.80. The average Bonchev–Trinajstić information content (AvgIpc) is 3.01. The first kappa shape index (κ1) is 11.5. The standard InChI is InChI=1S/C11H13BrN2O2/c1-11(2,10(15)16)8-7(12)5-13-9(14-8)6-3-4-6/h5-6H,3-4H2,1-2H3,(H,15,16). The molecule has 1 fully saturated rings. The minimum atomic E-state index is -0.995. The number of carboxylic acids is 1. The van der Waals surface area contributed by atoms with E-state index in [2.05, 4.69) is 25.9 Å². The molecule has 2 rings (SSSR count). The molecule has 0 atom stereocenters. The monoisotopic (exact) mass is 284 g/mol. The summed E-state index contributed by atoms with van der Waals surface area (Å²) in [5.74, 6) is 0.317. The van der Waals surface area contributed by atoms with Gasteiger partial charge in [-0.2, -0.15) is 0 Å². The molecule has 1 N–H and O–H groups in total. The van der Waals surface area contributed by atoms with Crippen molar-refractivity contribution in [2.45, 2.75) is 38.0 Å². The first-order valence-corrected chi connectivity index (χ1v) is 5.98. The van der Waals surface area contributed by atoms with Crippen molar-refractivity contribution < 1.29 is 9.90 Å². The Morgan fingerprint density at radius 1 is 1.56 bits per heavy atom. The molecule has 16 heavy (non-hydrogen) atoms. The second-order valence-corrected chi connectivity index (χ2v) is 5.48. The highest BCUT2D eigenvalue weighted by Crippen LogP contribution is 2.39. The van der Waals surface area contributed by atoms with Crippen LogP contribution in [0, 0.1) is 0 Å². The molecule has 0 spiro atoms. The molecule has 0 radical (unpaired) electrons. The molecule has 1 aliphatic rings. The Labute approximate surface area is 102 Å². The highest BCUT2D eigenvalue weighted by molar-refractivity contribution is 9.10. The van der Waals surface area contributed by atoms with Crippen molar-refractivity contribution in [3.8, 4) is 0 Å². The molecule has 1 aromatic rings. The summed E-state index contributed by atoms with van der Waals surface area (Å²) in [5.41, 5.74) is -0.442. The van der Waals surface area contributed by atoms with Gasteiger partial charge in [0.1, 0.15) is 11.2 Å². The van der Waals surface area contributed by atoms with E-state index in [9.17, 15) is 9.90 Å². The maximum absolute atomic E-state index is 11.2. The van der Waals surface area contributed by atoms with E-state index in [4.69, 9.17) is 0 Å². The van der Waals surface area contributed by atoms with E-state index in [0.717, 1.165) is 18.7 Å². The van der Waals surface area contributed by atoms with Crippen LogP contribution in [0.2, 0.25) is 0 Å². The molecular formula is C11H13BrN2O2. The van der Waals surface area contributed by atoms with Crippen LogP contribution in [0.1, 0.15) is 44.1 Å². The first-order valence-electron chi connectivity index (χ1n) is 5.19. The molecule has 1 saturated carbocycles. The van der Waals surface area contributed by atoms with Gasteiger partial charge >= 0.3 is 5.97 Å². The van der Waals surface area contributed by atoms with Gasteiger partial charge in [0.25, 0.3) is 0 Å². The Balaban J connectivity index is 2.45. The van der Waals surface area contributed by atoms with E-state index < -0.39 is 11.4 Å². The number of rotatable bonds is 3. The lowest BCUT2D eigenvalue weighted by atomic mass is 9.89. The van der Waals surface area contributed by atoms with Gasteiger partial charge in [-0.05, 0) is 42.6 Å². The van der Waals surface area contributed by atoms with Crippen LogP contribution in [0.15, 0.2) is 10.7 Å². The molecule has 86 valence electrons. The quantitative estimate of drug-likeness (QED) is 0.926. The smallest absolute Gasteiger partial charge is 0.315 e. The molecule has 0 aliphatic heterocycles. The lowest BCUT2D eigenvalue weighted by Gasteiger charge is -2.20. The van der Waals surface area contributed by atoms with Gasteiger partial charge in [-0.15, -0.1) is 0 Å². The first-order chi connectivity index (χ1) is 7.43. The van der Waals surface area contributed by atoms with Gasteiger partial charge in [-0.1, -0.05) is 0 Å². The maximum atomic E-state index is 11.2. The summed E-state index contributed by atoms with van der Waals surface area (Å²) in [4.78, 5) is 19.8. The predicted octanol–water partition coefficient (Wildman–Crippen LogP) is 2.48. The van der Waals surface area contributed by atoms with Crippen molar-refractivity contribution in [1.29, 1.82) is 0 Å². The molecule has 4 nitrogen and oxygen atoms in total. The number of aromatic nitrogens is 2. The zero-order valence-corrected chi connectivity index (χ0v) is 10.8. The lowest BCUT2D eigenvalue weighted by molar-refractivity contribution is -0.142. The van der Waals surface area contributed by atoms with E-state index in [-0.39, 0.29) is 0 Å². The van der Waals surface area contributed by atoms with Gasteiger partial charge in [0.15, 0.2) is 0 Å². The summed E-state index contributed by atoms with van der Waals surface area (Å²) >= 11 is 3.32. The Morgan fingerprint density at radius 2 is 2.19 bits per heavy atom. The van der Waals surface area contributed by atoms with Crippen LogP contribution < -0.4 is 0 Å². The third kappa shape index (κ3) is 1.96. The van der Waals surface area contributed by atoms with Gasteiger partial charge in [0.05, 0.1) is 10.2 Å². The Bertz CT molecular complexity index is 442. The molecule has 0 aromatic carbocycles. The van der Waals surface area contributed by atoms with Crippen molar-refractivity contribution in [2.75, 3.05) is 0 Å². The molecule has 0 bridgehead atoms. The molecule has 1 aromatic heterocycles. The molecule has 0 unspecified atom stereocenters. The van der Waals surface area contributed by atoms with Crippen molar-refractivity contribution in [3.05, 3.63) is 22.2 Å². The minimum Gasteiger partial charge on any atom is -0.481 e. The molecule has 0 saturated heterocycles. The summed E-state index contributed by atoms with van der Waals surface area (Å²) in [6, 6.07) is 0. The third-order valence-electron chi connectivity index (χ3n) is 2.83.